The lowest BCUT2D eigenvalue weighted by molar-refractivity contribution is 1.12. The number of benzene rings is 9. The molecule has 4 nitrogen and oxygen atoms in total. The fourth-order valence-corrected chi connectivity index (χ4v) is 9.96. The molecule has 0 atom stereocenters. The highest BCUT2D eigenvalue weighted by atomic mass is 15.1. The molecule has 0 N–H and O–H groups in total. The van der Waals surface area contributed by atoms with Crippen molar-refractivity contribution in [2.45, 2.75) is 0 Å². The third-order valence-corrected chi connectivity index (χ3v) is 12.4. The highest BCUT2D eigenvalue weighted by molar-refractivity contribution is 6.16. The molecule has 4 aromatic heterocycles. The van der Waals surface area contributed by atoms with Gasteiger partial charge in [-0.1, -0.05) is 121 Å². The molecule has 0 aliphatic heterocycles. The van der Waals surface area contributed by atoms with Gasteiger partial charge in [-0.15, -0.1) is 0 Å². The zero-order valence-corrected chi connectivity index (χ0v) is 31.4. The summed E-state index contributed by atoms with van der Waals surface area (Å²) >= 11 is 0. The first kappa shape index (κ1) is 31.4. The zero-order valence-electron chi connectivity index (χ0n) is 31.4. The number of hydrogen-bond acceptors (Lipinski definition) is 0. The Kier molecular flexibility index (Phi) is 6.41. The summed E-state index contributed by atoms with van der Waals surface area (Å²) in [7, 11) is 0. The molecule has 0 fully saturated rings. The van der Waals surface area contributed by atoms with Gasteiger partial charge in [-0.05, 0) is 84.9 Å². The quantitative estimate of drug-likeness (QED) is 0.171. The van der Waals surface area contributed by atoms with E-state index in [-0.39, 0.29) is 0 Å². The maximum absolute atomic E-state index is 2.46. The number of para-hydroxylation sites is 7. The molecule has 13 aromatic rings. The SMILES string of the molecule is c1ccc2c(c1)c1ccccc1n2-c1ccc2c(c1)c1ccccc1n2-c1ccc(-n2c3ccccc3c3cccc(-n4c5ccccc5c5ccccc54)c32)cc1. The molecule has 0 aliphatic carbocycles. The molecule has 0 bridgehead atoms. The Bertz CT molecular complexity index is 3690. The summed E-state index contributed by atoms with van der Waals surface area (Å²) in [4.78, 5) is 0. The minimum absolute atomic E-state index is 1.12. The lowest BCUT2D eigenvalue weighted by Gasteiger charge is -2.15. The number of nitrogens with zero attached hydrogens (tertiary/aromatic N) is 4. The Morgan fingerprint density at radius 3 is 1.03 bits per heavy atom. The summed E-state index contributed by atoms with van der Waals surface area (Å²) in [5.74, 6) is 0. The van der Waals surface area contributed by atoms with E-state index in [0.29, 0.717) is 0 Å². The second kappa shape index (κ2) is 11.8. The fraction of sp³-hybridized carbons (Fsp3) is 0. The van der Waals surface area contributed by atoms with Crippen molar-refractivity contribution < 1.29 is 0 Å². The van der Waals surface area contributed by atoms with E-state index in [4.69, 9.17) is 0 Å². The van der Waals surface area contributed by atoms with Crippen molar-refractivity contribution >= 4 is 87.2 Å². The molecule has 270 valence electrons. The van der Waals surface area contributed by atoms with Gasteiger partial charge in [0.25, 0.3) is 0 Å². The van der Waals surface area contributed by atoms with Crippen molar-refractivity contribution in [1.82, 2.24) is 18.3 Å². The lowest BCUT2D eigenvalue weighted by Crippen LogP contribution is -2.01. The van der Waals surface area contributed by atoms with Gasteiger partial charge < -0.3 is 18.3 Å². The summed E-state index contributed by atoms with van der Waals surface area (Å²) in [6.45, 7) is 0. The third kappa shape index (κ3) is 4.23. The van der Waals surface area contributed by atoms with Crippen LogP contribution in [-0.4, -0.2) is 18.3 Å². The number of aromatic nitrogens is 4. The van der Waals surface area contributed by atoms with Gasteiger partial charge in [-0.2, -0.15) is 0 Å². The largest absolute Gasteiger partial charge is 0.309 e. The summed E-state index contributed by atoms with van der Waals surface area (Å²) in [6, 6.07) is 75.4. The molecular formula is C54H34N4. The first-order chi connectivity index (χ1) is 28.8. The average molecular weight is 739 g/mol. The van der Waals surface area contributed by atoms with Gasteiger partial charge in [0, 0.05) is 60.2 Å². The highest BCUT2D eigenvalue weighted by Gasteiger charge is 2.21. The normalized spacial score (nSPS) is 12.1. The molecule has 0 saturated carbocycles. The van der Waals surface area contributed by atoms with Crippen LogP contribution >= 0.6 is 0 Å². The predicted molar refractivity (Wildman–Crippen MR) is 244 cm³/mol. The Labute approximate surface area is 333 Å². The standard InChI is InChI=1S/C54H34N4/c1-7-21-46-38(14-1)39-15-2-8-22-47(39)56(46)37-32-33-52-45(34-37)43-19-6-9-23-48(43)55(52)35-28-30-36(31-29-35)57-49-24-10-5-18-42(49)44-20-13-27-53(54(44)57)58-50-25-11-3-16-40(50)41-17-4-12-26-51(41)58/h1-34H. The number of fused-ring (bicyclic) bond motifs is 12. The predicted octanol–water partition coefficient (Wildman–Crippen LogP) is 14.1. The molecule has 58 heavy (non-hydrogen) atoms. The maximum Gasteiger partial charge on any atom is 0.0782 e. The van der Waals surface area contributed by atoms with E-state index in [9.17, 15) is 0 Å². The summed E-state index contributed by atoms with van der Waals surface area (Å²) < 4.78 is 9.73. The molecule has 9 aromatic carbocycles. The molecule has 0 radical (unpaired) electrons. The molecular weight excluding hydrogens is 705 g/mol. The molecule has 0 aliphatic rings. The molecule has 0 spiro atoms. The average Bonchev–Trinajstić information content (AvgIpc) is 4.02. The van der Waals surface area contributed by atoms with Gasteiger partial charge in [0.15, 0.2) is 0 Å². The highest BCUT2D eigenvalue weighted by Crippen LogP contribution is 2.41. The van der Waals surface area contributed by atoms with Crippen LogP contribution in [0.5, 0.6) is 0 Å². The van der Waals surface area contributed by atoms with Gasteiger partial charge in [-0.3, -0.25) is 0 Å². The van der Waals surface area contributed by atoms with Crippen LogP contribution < -0.4 is 0 Å². The van der Waals surface area contributed by atoms with Gasteiger partial charge in [-0.25, -0.2) is 0 Å². The minimum Gasteiger partial charge on any atom is -0.309 e. The first-order valence-corrected chi connectivity index (χ1v) is 20.0. The lowest BCUT2D eigenvalue weighted by atomic mass is 10.1. The molecule has 4 heterocycles. The van der Waals surface area contributed by atoms with Crippen molar-refractivity contribution in [1.29, 1.82) is 0 Å². The molecule has 0 saturated heterocycles. The van der Waals surface area contributed by atoms with Crippen molar-refractivity contribution in [3.05, 3.63) is 206 Å². The summed E-state index contributed by atoms with van der Waals surface area (Å²) in [6.07, 6.45) is 0. The minimum atomic E-state index is 1.12. The molecule has 0 amide bonds. The van der Waals surface area contributed by atoms with E-state index in [1.807, 2.05) is 0 Å². The van der Waals surface area contributed by atoms with Gasteiger partial charge in [0.1, 0.15) is 0 Å². The van der Waals surface area contributed by atoms with E-state index in [0.717, 1.165) is 22.7 Å². The molecule has 13 rings (SSSR count). The van der Waals surface area contributed by atoms with Crippen LogP contribution in [0, 0.1) is 0 Å². The Morgan fingerprint density at radius 1 is 0.207 bits per heavy atom. The van der Waals surface area contributed by atoms with Crippen LogP contribution in [0.1, 0.15) is 0 Å². The van der Waals surface area contributed by atoms with Crippen LogP contribution in [0.15, 0.2) is 206 Å². The van der Waals surface area contributed by atoms with Gasteiger partial charge in [0.2, 0.25) is 0 Å². The van der Waals surface area contributed by atoms with E-state index >= 15 is 0 Å². The van der Waals surface area contributed by atoms with Crippen molar-refractivity contribution in [3.63, 3.8) is 0 Å². The monoisotopic (exact) mass is 738 g/mol. The second-order valence-electron chi connectivity index (χ2n) is 15.3. The Hall–Kier alpha value is -7.82. The fourth-order valence-electron chi connectivity index (χ4n) is 9.96. The van der Waals surface area contributed by atoms with Crippen LogP contribution in [0.4, 0.5) is 0 Å². The summed E-state index contributed by atoms with van der Waals surface area (Å²) in [5.41, 5.74) is 14.2. The van der Waals surface area contributed by atoms with E-state index in [1.165, 1.54) is 87.2 Å². The van der Waals surface area contributed by atoms with Crippen molar-refractivity contribution in [2.75, 3.05) is 0 Å². The van der Waals surface area contributed by atoms with E-state index in [2.05, 4.69) is 225 Å². The van der Waals surface area contributed by atoms with Crippen LogP contribution in [0.25, 0.3) is 110 Å². The smallest absolute Gasteiger partial charge is 0.0782 e. The van der Waals surface area contributed by atoms with E-state index < -0.39 is 0 Å². The van der Waals surface area contributed by atoms with Crippen molar-refractivity contribution in [2.24, 2.45) is 0 Å². The third-order valence-electron chi connectivity index (χ3n) is 12.4. The van der Waals surface area contributed by atoms with Gasteiger partial charge in [0.05, 0.1) is 49.8 Å². The van der Waals surface area contributed by atoms with Crippen LogP contribution in [0.3, 0.4) is 0 Å². The van der Waals surface area contributed by atoms with E-state index in [1.54, 1.807) is 0 Å². The second-order valence-corrected chi connectivity index (χ2v) is 15.3. The zero-order chi connectivity index (χ0) is 37.9. The first-order valence-electron chi connectivity index (χ1n) is 20.0. The van der Waals surface area contributed by atoms with Gasteiger partial charge >= 0.3 is 0 Å². The Balaban J connectivity index is 1.01. The molecule has 4 heteroatoms. The van der Waals surface area contributed by atoms with Crippen LogP contribution in [-0.2, 0) is 0 Å². The van der Waals surface area contributed by atoms with Crippen LogP contribution in [0.2, 0.25) is 0 Å². The molecule has 0 unspecified atom stereocenters. The number of rotatable bonds is 4. The Morgan fingerprint density at radius 2 is 0.534 bits per heavy atom. The topological polar surface area (TPSA) is 19.7 Å². The van der Waals surface area contributed by atoms with Crippen molar-refractivity contribution in [3.8, 4) is 22.7 Å². The maximum atomic E-state index is 2.46. The summed E-state index contributed by atoms with van der Waals surface area (Å²) in [5, 5.41) is 10.0. The number of hydrogen-bond donors (Lipinski definition) is 0.